The lowest BCUT2D eigenvalue weighted by atomic mass is 10.1. The Balaban J connectivity index is 1.43. The quantitative estimate of drug-likeness (QED) is 0.416. The second-order valence-corrected chi connectivity index (χ2v) is 8.39. The molecule has 32 heavy (non-hydrogen) atoms. The first-order valence-electron chi connectivity index (χ1n) is 11.2. The summed E-state index contributed by atoms with van der Waals surface area (Å²) in [5, 5.41) is 0. The highest BCUT2D eigenvalue weighted by Crippen LogP contribution is 2.30. The molecule has 0 saturated carbocycles. The van der Waals surface area contributed by atoms with Crippen LogP contribution in [0.4, 0.5) is 5.69 Å². The third-order valence-corrected chi connectivity index (χ3v) is 5.82. The lowest BCUT2D eigenvalue weighted by Crippen LogP contribution is -2.36. The van der Waals surface area contributed by atoms with Crippen LogP contribution in [0.1, 0.15) is 6.42 Å². The van der Waals surface area contributed by atoms with Crippen molar-refractivity contribution >= 4 is 22.4 Å². The Bertz CT molecular complexity index is 1200. The molecule has 3 aromatic heterocycles. The van der Waals surface area contributed by atoms with Gasteiger partial charge < -0.3 is 19.3 Å². The Kier molecular flexibility index (Phi) is 5.92. The minimum absolute atomic E-state index is 0.663. The first-order valence-corrected chi connectivity index (χ1v) is 11.2. The largest absolute Gasteiger partial charge is 0.478 e. The van der Waals surface area contributed by atoms with Gasteiger partial charge in [-0.1, -0.05) is 6.07 Å². The van der Waals surface area contributed by atoms with Gasteiger partial charge in [-0.3, -0.25) is 4.40 Å². The van der Waals surface area contributed by atoms with Gasteiger partial charge in [-0.15, -0.1) is 0 Å². The van der Waals surface area contributed by atoms with Crippen LogP contribution in [0.15, 0.2) is 54.9 Å². The number of aromatic nitrogens is 3. The number of rotatable bonds is 7. The number of benzene rings is 1. The molecule has 5 rings (SSSR count). The zero-order chi connectivity index (χ0) is 21.9. The lowest BCUT2D eigenvalue weighted by molar-refractivity contribution is 0.123. The van der Waals surface area contributed by atoms with Gasteiger partial charge in [-0.05, 0) is 50.8 Å². The third-order valence-electron chi connectivity index (χ3n) is 5.82. The van der Waals surface area contributed by atoms with E-state index in [9.17, 15) is 0 Å². The highest BCUT2D eigenvalue weighted by Gasteiger charge is 2.17. The standard InChI is InChI=1S/C25H29N5O2/c1-28(2)11-4-14-32-24-10-8-19(17-26-24)20-7-9-23-27-21-5-3-6-22(25(21)30(23)18-20)29-12-15-31-16-13-29/h3,5-10,17-18H,4,11-16H2,1-2H3. The van der Waals surface area contributed by atoms with E-state index in [2.05, 4.69) is 75.9 Å². The number of imidazole rings is 1. The van der Waals surface area contributed by atoms with Crippen molar-refractivity contribution in [1.82, 2.24) is 19.3 Å². The average molecular weight is 432 g/mol. The number of morpholine rings is 1. The summed E-state index contributed by atoms with van der Waals surface area (Å²) in [6.07, 6.45) is 5.01. The van der Waals surface area contributed by atoms with Crippen molar-refractivity contribution in [3.05, 3.63) is 54.9 Å². The molecule has 166 valence electrons. The van der Waals surface area contributed by atoms with Crippen molar-refractivity contribution < 1.29 is 9.47 Å². The molecule has 1 saturated heterocycles. The van der Waals surface area contributed by atoms with E-state index in [-0.39, 0.29) is 0 Å². The number of pyridine rings is 2. The Hall–Kier alpha value is -3.16. The summed E-state index contributed by atoms with van der Waals surface area (Å²) >= 11 is 0. The van der Waals surface area contributed by atoms with Gasteiger partial charge in [0.2, 0.25) is 5.88 Å². The summed E-state index contributed by atoms with van der Waals surface area (Å²) in [5.41, 5.74) is 6.44. The van der Waals surface area contributed by atoms with E-state index in [1.54, 1.807) is 0 Å². The van der Waals surface area contributed by atoms with E-state index in [1.807, 2.05) is 12.3 Å². The Morgan fingerprint density at radius 2 is 1.88 bits per heavy atom. The summed E-state index contributed by atoms with van der Waals surface area (Å²) < 4.78 is 13.5. The molecule has 0 aliphatic carbocycles. The van der Waals surface area contributed by atoms with Crippen LogP contribution < -0.4 is 9.64 Å². The summed E-state index contributed by atoms with van der Waals surface area (Å²) in [6, 6.07) is 14.5. The smallest absolute Gasteiger partial charge is 0.213 e. The third kappa shape index (κ3) is 4.26. The van der Waals surface area contributed by atoms with Gasteiger partial charge in [0.05, 0.1) is 36.5 Å². The van der Waals surface area contributed by atoms with E-state index < -0.39 is 0 Å². The maximum Gasteiger partial charge on any atom is 0.213 e. The first kappa shape index (κ1) is 20.7. The average Bonchev–Trinajstić information content (AvgIpc) is 3.21. The monoisotopic (exact) mass is 431 g/mol. The summed E-state index contributed by atoms with van der Waals surface area (Å²) in [7, 11) is 4.13. The van der Waals surface area contributed by atoms with Crippen LogP contribution in [0.5, 0.6) is 5.88 Å². The van der Waals surface area contributed by atoms with Crippen molar-refractivity contribution in [1.29, 1.82) is 0 Å². The number of hydrogen-bond acceptors (Lipinski definition) is 6. The zero-order valence-electron chi connectivity index (χ0n) is 18.7. The molecule has 7 nitrogen and oxygen atoms in total. The van der Waals surface area contributed by atoms with Gasteiger partial charge in [0.1, 0.15) is 5.65 Å². The SMILES string of the molecule is CN(C)CCCOc1ccc(-c2ccc3nc4cccc(N5CCOCC5)c4n3c2)cn1. The minimum atomic E-state index is 0.663. The highest BCUT2D eigenvalue weighted by molar-refractivity contribution is 5.92. The molecular weight excluding hydrogens is 402 g/mol. The molecule has 0 spiro atoms. The zero-order valence-corrected chi connectivity index (χ0v) is 18.7. The van der Waals surface area contributed by atoms with Gasteiger partial charge in [0, 0.05) is 49.2 Å². The molecule has 0 unspecified atom stereocenters. The predicted molar refractivity (Wildman–Crippen MR) is 128 cm³/mol. The van der Waals surface area contributed by atoms with Crippen LogP contribution in [0.2, 0.25) is 0 Å². The molecule has 0 N–H and O–H groups in total. The Labute approximate surface area is 188 Å². The van der Waals surface area contributed by atoms with Gasteiger partial charge in [0.25, 0.3) is 0 Å². The lowest BCUT2D eigenvalue weighted by Gasteiger charge is -2.29. The number of ether oxygens (including phenoxy) is 2. The van der Waals surface area contributed by atoms with E-state index in [0.717, 1.165) is 67.1 Å². The van der Waals surface area contributed by atoms with Crippen molar-refractivity contribution in [2.75, 3.05) is 58.5 Å². The molecule has 0 bridgehead atoms. The fourth-order valence-electron chi connectivity index (χ4n) is 4.17. The fraction of sp³-hybridized carbons (Fsp3) is 0.360. The molecule has 1 aliphatic rings. The number of nitrogens with zero attached hydrogens (tertiary/aromatic N) is 5. The summed E-state index contributed by atoms with van der Waals surface area (Å²) in [4.78, 5) is 13.9. The van der Waals surface area contributed by atoms with E-state index in [4.69, 9.17) is 14.5 Å². The maximum absolute atomic E-state index is 5.78. The van der Waals surface area contributed by atoms with Crippen LogP contribution in [0.3, 0.4) is 0 Å². The predicted octanol–water partition coefficient (Wildman–Crippen LogP) is 3.72. The van der Waals surface area contributed by atoms with Crippen LogP contribution in [0.25, 0.3) is 27.8 Å². The van der Waals surface area contributed by atoms with E-state index in [1.165, 1.54) is 5.69 Å². The summed E-state index contributed by atoms with van der Waals surface area (Å²) in [6.45, 7) is 4.98. The molecular formula is C25H29N5O2. The van der Waals surface area contributed by atoms with E-state index in [0.29, 0.717) is 12.5 Å². The molecule has 0 atom stereocenters. The molecule has 0 amide bonds. The molecule has 1 aliphatic heterocycles. The molecule has 4 aromatic rings. The molecule has 7 heteroatoms. The Morgan fingerprint density at radius 1 is 1.03 bits per heavy atom. The first-order chi connectivity index (χ1) is 15.7. The summed E-state index contributed by atoms with van der Waals surface area (Å²) in [5.74, 6) is 0.663. The van der Waals surface area contributed by atoms with Crippen LogP contribution in [0, 0.1) is 0 Å². The molecule has 0 radical (unpaired) electrons. The van der Waals surface area contributed by atoms with Crippen LogP contribution in [-0.4, -0.2) is 72.8 Å². The molecule has 1 fully saturated rings. The fourth-order valence-corrected chi connectivity index (χ4v) is 4.17. The Morgan fingerprint density at radius 3 is 2.66 bits per heavy atom. The van der Waals surface area contributed by atoms with Crippen LogP contribution in [-0.2, 0) is 4.74 Å². The second kappa shape index (κ2) is 9.14. The number of hydrogen-bond donors (Lipinski definition) is 0. The topological polar surface area (TPSA) is 55.1 Å². The van der Waals surface area contributed by atoms with Gasteiger partial charge in [0.15, 0.2) is 0 Å². The maximum atomic E-state index is 5.78. The van der Waals surface area contributed by atoms with Crippen molar-refractivity contribution in [3.63, 3.8) is 0 Å². The van der Waals surface area contributed by atoms with Gasteiger partial charge >= 0.3 is 0 Å². The van der Waals surface area contributed by atoms with Crippen molar-refractivity contribution in [3.8, 4) is 17.0 Å². The molecule has 1 aromatic carbocycles. The second-order valence-electron chi connectivity index (χ2n) is 8.39. The van der Waals surface area contributed by atoms with Gasteiger partial charge in [-0.25, -0.2) is 9.97 Å². The molecule has 4 heterocycles. The number of para-hydroxylation sites is 1. The van der Waals surface area contributed by atoms with Crippen LogP contribution >= 0.6 is 0 Å². The van der Waals surface area contributed by atoms with Gasteiger partial charge in [-0.2, -0.15) is 0 Å². The van der Waals surface area contributed by atoms with Crippen molar-refractivity contribution in [2.45, 2.75) is 6.42 Å². The minimum Gasteiger partial charge on any atom is -0.478 e. The number of fused-ring (bicyclic) bond motifs is 3. The van der Waals surface area contributed by atoms with E-state index >= 15 is 0 Å². The normalized spacial score (nSPS) is 14.5. The number of anilines is 1. The van der Waals surface area contributed by atoms with Crippen molar-refractivity contribution in [2.24, 2.45) is 0 Å². The highest BCUT2D eigenvalue weighted by atomic mass is 16.5.